The van der Waals surface area contributed by atoms with Gasteiger partial charge in [0.25, 0.3) is 0 Å². The molecule has 2 rings (SSSR count). The maximum absolute atomic E-state index is 13.6. The Morgan fingerprint density at radius 2 is 0.848 bits per heavy atom. The molecular weight excluding hydrogens is 427 g/mol. The van der Waals surface area contributed by atoms with E-state index in [2.05, 4.69) is 107 Å². The van der Waals surface area contributed by atoms with Crippen LogP contribution in [0.15, 0.2) is 36.4 Å². The monoisotopic (exact) mass is 472 g/mol. The van der Waals surface area contributed by atoms with Gasteiger partial charge in [-0.15, -0.1) is 0 Å². The summed E-state index contributed by atoms with van der Waals surface area (Å²) in [5.41, 5.74) is 4.20. The summed E-state index contributed by atoms with van der Waals surface area (Å²) in [5, 5.41) is 0. The van der Waals surface area contributed by atoms with E-state index in [1.54, 1.807) is 6.66 Å². The molecule has 2 aromatic rings. The van der Waals surface area contributed by atoms with Crippen molar-refractivity contribution < 1.29 is 13.6 Å². The van der Waals surface area contributed by atoms with Crippen molar-refractivity contribution in [2.24, 2.45) is 0 Å². The molecule has 0 amide bonds. The van der Waals surface area contributed by atoms with Gasteiger partial charge < -0.3 is 9.05 Å². The van der Waals surface area contributed by atoms with Crippen molar-refractivity contribution in [1.29, 1.82) is 0 Å². The molecule has 0 bridgehead atoms. The van der Waals surface area contributed by atoms with Crippen LogP contribution in [0.3, 0.4) is 0 Å². The molecule has 0 saturated carbocycles. The normalized spacial score (nSPS) is 13.7. The summed E-state index contributed by atoms with van der Waals surface area (Å²) in [6, 6.07) is 12.3. The summed E-state index contributed by atoms with van der Waals surface area (Å²) in [4.78, 5) is 0. The van der Waals surface area contributed by atoms with E-state index >= 15 is 0 Å². The van der Waals surface area contributed by atoms with Crippen LogP contribution in [0.25, 0.3) is 0 Å². The van der Waals surface area contributed by atoms with Gasteiger partial charge in [-0.05, 0) is 44.9 Å². The number of hydrogen-bond donors (Lipinski definition) is 0. The molecule has 2 aromatic carbocycles. The van der Waals surface area contributed by atoms with E-state index in [9.17, 15) is 4.57 Å². The molecule has 33 heavy (non-hydrogen) atoms. The van der Waals surface area contributed by atoms with Crippen molar-refractivity contribution in [2.45, 2.75) is 105 Å². The van der Waals surface area contributed by atoms with Crippen LogP contribution >= 0.6 is 7.60 Å². The highest BCUT2D eigenvalue weighted by Crippen LogP contribution is 2.50. The Morgan fingerprint density at radius 3 is 1.09 bits per heavy atom. The first kappa shape index (κ1) is 27.5. The molecule has 184 valence electrons. The maximum Gasteiger partial charge on any atom is 0.427 e. The van der Waals surface area contributed by atoms with Gasteiger partial charge in [0.05, 0.1) is 6.66 Å². The molecule has 0 saturated heterocycles. The largest absolute Gasteiger partial charge is 0.427 e. The van der Waals surface area contributed by atoms with E-state index in [-0.39, 0.29) is 21.7 Å². The van der Waals surface area contributed by atoms with Crippen molar-refractivity contribution in [3.63, 3.8) is 0 Å². The van der Waals surface area contributed by atoms with Gasteiger partial charge in [-0.3, -0.25) is 0 Å². The van der Waals surface area contributed by atoms with Crippen molar-refractivity contribution in [1.82, 2.24) is 0 Å². The van der Waals surface area contributed by atoms with Crippen LogP contribution in [0.5, 0.6) is 11.5 Å². The predicted octanol–water partition coefficient (Wildman–Crippen LogP) is 9.16. The second-order valence-electron chi connectivity index (χ2n) is 13.4. The average molecular weight is 473 g/mol. The summed E-state index contributed by atoms with van der Waals surface area (Å²) in [7, 11) is -3.44. The van der Waals surface area contributed by atoms with Gasteiger partial charge in [0.1, 0.15) is 11.5 Å². The molecule has 0 heterocycles. The zero-order chi connectivity index (χ0) is 25.6. The topological polar surface area (TPSA) is 35.5 Å². The first-order valence-electron chi connectivity index (χ1n) is 11.9. The van der Waals surface area contributed by atoms with Crippen molar-refractivity contribution in [2.75, 3.05) is 6.66 Å². The lowest BCUT2D eigenvalue weighted by atomic mass is 9.80. The Kier molecular flexibility index (Phi) is 7.34. The highest BCUT2D eigenvalue weighted by Gasteiger charge is 2.30. The maximum atomic E-state index is 13.6. The van der Waals surface area contributed by atoms with E-state index in [4.69, 9.17) is 9.05 Å². The molecule has 0 aromatic heterocycles. The van der Waals surface area contributed by atoms with Crippen LogP contribution in [0.4, 0.5) is 0 Å². The summed E-state index contributed by atoms with van der Waals surface area (Å²) >= 11 is 0. The Labute approximate surface area is 202 Å². The van der Waals surface area contributed by atoms with E-state index in [0.717, 1.165) is 11.1 Å². The number of rotatable bonds is 4. The smallest absolute Gasteiger partial charge is 0.416 e. The fraction of sp³-hybridized carbons (Fsp3) is 0.586. The lowest BCUT2D eigenvalue weighted by Gasteiger charge is -2.30. The van der Waals surface area contributed by atoms with Gasteiger partial charge in [0, 0.05) is 11.1 Å². The first-order chi connectivity index (χ1) is 14.6. The summed E-state index contributed by atoms with van der Waals surface area (Å²) < 4.78 is 25.9. The third-order valence-electron chi connectivity index (χ3n) is 5.84. The second kappa shape index (κ2) is 8.81. The van der Waals surface area contributed by atoms with Crippen LogP contribution in [0, 0.1) is 0 Å². The summed E-state index contributed by atoms with van der Waals surface area (Å²) in [6.07, 6.45) is 0. The van der Waals surface area contributed by atoms with Gasteiger partial charge >= 0.3 is 7.60 Å². The molecule has 0 radical (unpaired) electrons. The molecule has 0 aliphatic rings. The first-order valence-corrected chi connectivity index (χ1v) is 13.9. The molecule has 0 atom stereocenters. The predicted molar refractivity (Wildman–Crippen MR) is 142 cm³/mol. The number of benzene rings is 2. The van der Waals surface area contributed by atoms with Gasteiger partial charge in [0.2, 0.25) is 0 Å². The minimum Gasteiger partial charge on any atom is -0.416 e. The van der Waals surface area contributed by atoms with Gasteiger partial charge in [-0.1, -0.05) is 107 Å². The fourth-order valence-corrected chi connectivity index (χ4v) is 4.77. The van der Waals surface area contributed by atoms with Crippen LogP contribution in [-0.4, -0.2) is 6.66 Å². The Balaban J connectivity index is 2.49. The van der Waals surface area contributed by atoms with Crippen LogP contribution in [-0.2, 0) is 26.2 Å². The Hall–Kier alpha value is -1.73. The summed E-state index contributed by atoms with van der Waals surface area (Å²) in [5.74, 6) is 1.23. The fourth-order valence-electron chi connectivity index (χ4n) is 3.70. The molecule has 0 aliphatic heterocycles. The average Bonchev–Trinajstić information content (AvgIpc) is 2.57. The van der Waals surface area contributed by atoms with Crippen molar-refractivity contribution >= 4 is 7.60 Å². The van der Waals surface area contributed by atoms with Crippen LogP contribution in [0.2, 0.25) is 0 Å². The Bertz CT molecular complexity index is 957. The molecular formula is C29H45O3P. The number of hydrogen-bond acceptors (Lipinski definition) is 3. The minimum absolute atomic E-state index is 0.0152. The lowest BCUT2D eigenvalue weighted by molar-refractivity contribution is 0.382. The molecule has 4 heteroatoms. The molecule has 0 fully saturated rings. The standard InChI is InChI=1S/C29H45O3P/c1-26(2,3)20-14-16-24(22(18-20)28(7,8)9)31-33(13,30)32-25-17-15-21(27(4,5)6)19-23(25)29(10,11)12/h14-19H,1-13H3. The molecule has 3 nitrogen and oxygen atoms in total. The highest BCUT2D eigenvalue weighted by molar-refractivity contribution is 7.53. The quantitative estimate of drug-likeness (QED) is 0.416. The zero-order valence-electron chi connectivity index (χ0n) is 23.1. The second-order valence-corrected chi connectivity index (χ2v) is 15.3. The summed E-state index contributed by atoms with van der Waals surface area (Å²) in [6.45, 7) is 27.6. The Morgan fingerprint density at radius 1 is 0.545 bits per heavy atom. The van der Waals surface area contributed by atoms with E-state index < -0.39 is 7.60 Å². The van der Waals surface area contributed by atoms with E-state index in [0.29, 0.717) is 11.5 Å². The van der Waals surface area contributed by atoms with Crippen LogP contribution in [0.1, 0.15) is 105 Å². The minimum atomic E-state index is -3.44. The lowest BCUT2D eigenvalue weighted by Crippen LogP contribution is -2.18. The third-order valence-corrected chi connectivity index (χ3v) is 6.89. The highest BCUT2D eigenvalue weighted by atomic mass is 31.2. The molecule has 0 N–H and O–H groups in total. The van der Waals surface area contributed by atoms with Crippen LogP contribution < -0.4 is 9.05 Å². The van der Waals surface area contributed by atoms with Gasteiger partial charge in [-0.2, -0.15) is 0 Å². The molecule has 0 spiro atoms. The van der Waals surface area contributed by atoms with Crippen molar-refractivity contribution in [3.05, 3.63) is 58.7 Å². The zero-order valence-corrected chi connectivity index (χ0v) is 24.0. The van der Waals surface area contributed by atoms with E-state index in [1.165, 1.54) is 11.1 Å². The SMILES string of the molecule is CC(C)(C)c1ccc(OP(C)(=O)Oc2ccc(C(C)(C)C)cc2C(C)(C)C)c(C(C)(C)C)c1. The van der Waals surface area contributed by atoms with Crippen molar-refractivity contribution in [3.8, 4) is 11.5 Å². The van der Waals surface area contributed by atoms with Gasteiger partial charge in [-0.25, -0.2) is 4.57 Å². The third kappa shape index (κ3) is 7.12. The molecule has 0 unspecified atom stereocenters. The molecule has 0 aliphatic carbocycles. The van der Waals surface area contributed by atoms with Gasteiger partial charge in [0.15, 0.2) is 0 Å². The van der Waals surface area contributed by atoms with E-state index in [1.807, 2.05) is 12.1 Å².